The summed E-state index contributed by atoms with van der Waals surface area (Å²) in [4.78, 5) is 14.9. The Hall–Kier alpha value is -7.25. The molecule has 0 aliphatic rings. The van der Waals surface area contributed by atoms with Gasteiger partial charge in [0.05, 0.1) is 38.4 Å². The van der Waals surface area contributed by atoms with Crippen LogP contribution in [0.1, 0.15) is 27.4 Å². The van der Waals surface area contributed by atoms with Gasteiger partial charge in [0.25, 0.3) is 0 Å². The van der Waals surface area contributed by atoms with Crippen LogP contribution in [0.2, 0.25) is 0 Å². The zero-order chi connectivity index (χ0) is 56.0. The van der Waals surface area contributed by atoms with Crippen molar-refractivity contribution in [3.8, 4) is 39.9 Å². The molecule has 4 nitrogen and oxygen atoms in total. The van der Waals surface area contributed by atoms with Crippen molar-refractivity contribution in [1.82, 2.24) is 19.5 Å². The lowest BCUT2D eigenvalue weighted by Crippen LogP contribution is -2.01. The van der Waals surface area contributed by atoms with Crippen LogP contribution in [0.15, 0.2) is 182 Å². The summed E-state index contributed by atoms with van der Waals surface area (Å²) in [6, 6.07) is 6.49. The van der Waals surface area contributed by atoms with E-state index in [1.807, 2.05) is 0 Å². The average Bonchev–Trinajstić information content (AvgIpc) is 3.80. The van der Waals surface area contributed by atoms with Crippen LogP contribution in [0, 0.1) is 0 Å². The number of hydrogen-bond acceptors (Lipinski definition) is 5. The zero-order valence-corrected chi connectivity index (χ0v) is 31.5. The summed E-state index contributed by atoms with van der Waals surface area (Å²) in [5.74, 6) is -1.25. The van der Waals surface area contributed by atoms with Gasteiger partial charge >= 0.3 is 0 Å². The number of thiophene rings is 2. The van der Waals surface area contributed by atoms with E-state index in [1.165, 1.54) is 59.2 Å². The Morgan fingerprint density at radius 2 is 1.00 bits per heavy atom. The van der Waals surface area contributed by atoms with Crippen LogP contribution in [0.5, 0.6) is 0 Å². The molecule has 13 aromatic rings. The van der Waals surface area contributed by atoms with Crippen molar-refractivity contribution in [3.63, 3.8) is 0 Å². The monoisotopic (exact) mass is 806 g/mol. The zero-order valence-electron chi connectivity index (χ0n) is 49.9. The minimum absolute atomic E-state index is 0.00887. The molecule has 0 unspecified atom stereocenters. The molecule has 0 amide bonds. The molecule has 4 heterocycles. The van der Waals surface area contributed by atoms with Gasteiger partial charge in [-0.05, 0) is 69.9 Å². The molecule has 0 atom stereocenters. The lowest BCUT2D eigenvalue weighted by molar-refractivity contribution is 1.08. The highest BCUT2D eigenvalue weighted by Crippen LogP contribution is 2.46. The molecule has 9 aromatic carbocycles. The number of hydrogen-bond donors (Lipinski definition) is 0. The van der Waals surface area contributed by atoms with Gasteiger partial charge in [-0.1, -0.05) is 133 Å². The molecule has 0 N–H and O–H groups in total. The summed E-state index contributed by atoms with van der Waals surface area (Å²) in [5, 5.41) is 1.23. The topological polar surface area (TPSA) is 43.6 Å². The Balaban J connectivity index is 1.27. The van der Waals surface area contributed by atoms with Crippen LogP contribution in [0.4, 0.5) is 0 Å². The molecule has 0 saturated heterocycles. The number of fused-ring (bicyclic) bond motifs is 13. The van der Waals surface area contributed by atoms with Gasteiger partial charge in [0.15, 0.2) is 17.5 Å². The number of aromatic nitrogens is 4. The Labute approximate surface area is 374 Å². The largest absolute Gasteiger partial charge is 0.309 e. The van der Waals surface area contributed by atoms with Crippen LogP contribution in [-0.4, -0.2) is 19.5 Å². The summed E-state index contributed by atoms with van der Waals surface area (Å²) in [5.41, 5.74) is -0.889. The fourth-order valence-corrected chi connectivity index (χ4v) is 10.1. The molecule has 274 valence electrons. The van der Waals surface area contributed by atoms with Crippen molar-refractivity contribution in [1.29, 1.82) is 0 Å². The van der Waals surface area contributed by atoms with Crippen molar-refractivity contribution < 1.29 is 27.4 Å². The van der Waals surface area contributed by atoms with Crippen LogP contribution in [0.3, 0.4) is 0 Å². The van der Waals surface area contributed by atoms with E-state index in [9.17, 15) is 8.22 Å². The molecule has 0 aliphatic carbocycles. The normalized spacial score (nSPS) is 16.8. The predicted octanol–water partition coefficient (Wildman–Crippen LogP) is 15.0. The quantitative estimate of drug-likeness (QED) is 0.178. The molecule has 6 heteroatoms. The first-order valence-electron chi connectivity index (χ1n) is 28.1. The van der Waals surface area contributed by atoms with Crippen LogP contribution < -0.4 is 0 Å². The molecule has 0 fully saturated rings. The SMILES string of the molecule is [2H]c1cc([2H])c2c([2H])c(-c3nc(-c4c([2H])cc5c6cc([2H])c([2H])c([2H])c6n(-c6cc([2H])c([2H])cc6[2H])c5c4[2H])nc(-c4c([2H])c5c([2H])cc([2H])cc5c5sc6c([2H])c([2H])cc([2H])c6c45)n3)c3c(sc4c([2H])c([2H])cc([2H])c43)c2c1. The molecular formula is C53H30N4S2. The Kier molecular flexibility index (Phi) is 4.07. The smallest absolute Gasteiger partial charge is 0.164 e. The predicted molar refractivity (Wildman–Crippen MR) is 251 cm³/mol. The molecule has 4 aromatic heterocycles. The van der Waals surface area contributed by atoms with E-state index < -0.39 is 53.7 Å². The Morgan fingerprint density at radius 3 is 1.68 bits per heavy atom. The van der Waals surface area contributed by atoms with E-state index in [1.54, 1.807) is 0 Å². The summed E-state index contributed by atoms with van der Waals surface area (Å²) >= 11 is 2.00. The summed E-state index contributed by atoms with van der Waals surface area (Å²) in [7, 11) is 0. The number of nitrogens with zero attached hydrogens (tertiary/aromatic N) is 4. The second-order valence-corrected chi connectivity index (χ2v) is 15.6. The van der Waals surface area contributed by atoms with Crippen molar-refractivity contribution in [2.75, 3.05) is 0 Å². The molecule has 0 spiro atoms. The minimum atomic E-state index is -0.523. The summed E-state index contributed by atoms with van der Waals surface area (Å²) in [6.45, 7) is 0. The maximum absolute atomic E-state index is 10.2. The molecule has 0 aliphatic heterocycles. The molecular weight excluding hydrogens is 757 g/mol. The van der Waals surface area contributed by atoms with E-state index in [4.69, 9.17) is 34.1 Å². The maximum Gasteiger partial charge on any atom is 0.164 e. The molecule has 0 bridgehead atoms. The first-order valence-corrected chi connectivity index (χ1v) is 19.7. The van der Waals surface area contributed by atoms with Crippen LogP contribution in [-0.2, 0) is 0 Å². The lowest BCUT2D eigenvalue weighted by Gasteiger charge is -2.13. The summed E-state index contributed by atoms with van der Waals surface area (Å²) in [6.07, 6.45) is 0. The number of benzene rings is 9. The average molecular weight is 807 g/mol. The highest BCUT2D eigenvalue weighted by atomic mass is 32.1. The van der Waals surface area contributed by atoms with Gasteiger partial charge in [-0.2, -0.15) is 0 Å². The lowest BCUT2D eigenvalue weighted by atomic mass is 9.98. The second kappa shape index (κ2) is 12.6. The van der Waals surface area contributed by atoms with Crippen molar-refractivity contribution >= 4 is 106 Å². The van der Waals surface area contributed by atoms with E-state index in [0.717, 1.165) is 28.7 Å². The Bertz CT molecular complexity index is 4840. The standard InChI is InChI=1S/C53H30N4S2/c1-2-16-34(17-3-1)57-43-23-11-8-20-37(43)38-27-26-33(30-44(38)57)51-54-52(41-28-31-14-4-6-18-35(31)49-47(41)39-21-9-12-24-45(39)58-49)56-53(55-51)42-29-32-15-5-7-19-36(32)50-48(42)40-22-10-13-25-46(40)59-50/h1-30H/i1D,2D,6D,7D,8D,11D,12D,13D,14D,15D,17D,21D,22D,23D,24D,25D,26D,28D,29D,30D. The van der Waals surface area contributed by atoms with Crippen molar-refractivity contribution in [2.24, 2.45) is 0 Å². The van der Waals surface area contributed by atoms with E-state index >= 15 is 0 Å². The third kappa shape index (κ3) is 4.91. The van der Waals surface area contributed by atoms with E-state index in [0.29, 0.717) is 9.40 Å². The Morgan fingerprint density at radius 1 is 0.424 bits per heavy atom. The van der Waals surface area contributed by atoms with Crippen LogP contribution in [0.25, 0.3) is 124 Å². The van der Waals surface area contributed by atoms with Gasteiger partial charge in [0.1, 0.15) is 0 Å². The second-order valence-electron chi connectivity index (χ2n) is 13.5. The van der Waals surface area contributed by atoms with Crippen molar-refractivity contribution in [2.45, 2.75) is 0 Å². The first-order chi connectivity index (χ1) is 37.5. The fourth-order valence-electron chi connectivity index (χ4n) is 7.80. The third-order valence-corrected chi connectivity index (χ3v) is 12.6. The number of rotatable bonds is 4. The molecule has 59 heavy (non-hydrogen) atoms. The van der Waals surface area contributed by atoms with Gasteiger partial charge in [-0.15, -0.1) is 22.7 Å². The first kappa shape index (κ1) is 19.0. The number of para-hydroxylation sites is 2. The van der Waals surface area contributed by atoms with Crippen LogP contribution >= 0.6 is 22.7 Å². The molecule has 0 radical (unpaired) electrons. The fraction of sp³-hybridized carbons (Fsp3) is 0. The van der Waals surface area contributed by atoms with Crippen molar-refractivity contribution in [3.05, 3.63) is 182 Å². The highest BCUT2D eigenvalue weighted by molar-refractivity contribution is 7.27. The van der Waals surface area contributed by atoms with E-state index in [-0.39, 0.29) is 181 Å². The van der Waals surface area contributed by atoms with Gasteiger partial charge in [0, 0.05) is 73.5 Å². The summed E-state index contributed by atoms with van der Waals surface area (Å²) < 4.78 is 184. The molecule has 0 saturated carbocycles. The third-order valence-electron chi connectivity index (χ3n) is 10.3. The van der Waals surface area contributed by atoms with Gasteiger partial charge in [0.2, 0.25) is 0 Å². The maximum atomic E-state index is 10.2. The van der Waals surface area contributed by atoms with Gasteiger partial charge in [-0.25, -0.2) is 15.0 Å². The van der Waals surface area contributed by atoms with Gasteiger partial charge in [-0.3, -0.25) is 0 Å². The minimum Gasteiger partial charge on any atom is -0.309 e. The van der Waals surface area contributed by atoms with Gasteiger partial charge < -0.3 is 4.57 Å². The molecule has 13 rings (SSSR count). The van der Waals surface area contributed by atoms with E-state index in [2.05, 4.69) is 0 Å². The highest BCUT2D eigenvalue weighted by Gasteiger charge is 2.23.